The minimum absolute atomic E-state index is 0.0473. The zero-order valence-electron chi connectivity index (χ0n) is 15.7. The summed E-state index contributed by atoms with van der Waals surface area (Å²) in [5.41, 5.74) is 0.352. The van der Waals surface area contributed by atoms with Crippen molar-refractivity contribution >= 4 is 28.8 Å². The van der Waals surface area contributed by atoms with Gasteiger partial charge in [0.2, 0.25) is 0 Å². The van der Waals surface area contributed by atoms with Crippen molar-refractivity contribution in [1.29, 1.82) is 0 Å². The van der Waals surface area contributed by atoms with Gasteiger partial charge in [0.05, 0.1) is 24.8 Å². The molecule has 0 aliphatic carbocycles. The van der Waals surface area contributed by atoms with Crippen molar-refractivity contribution in [3.63, 3.8) is 0 Å². The zero-order chi connectivity index (χ0) is 20.4. The average molecular weight is 416 g/mol. The number of rotatable bonds is 5. The average Bonchev–Trinajstić information content (AvgIpc) is 3.35. The second-order valence-corrected chi connectivity index (χ2v) is 7.95. The molecule has 6 nitrogen and oxygen atoms in total. The molecular weight excluding hydrogens is 395 g/mol. The third kappa shape index (κ3) is 3.96. The molecule has 8 heteroatoms. The number of ether oxygens (including phenoxy) is 1. The number of aliphatic hydroxyl groups is 1. The van der Waals surface area contributed by atoms with Gasteiger partial charge in [-0.2, -0.15) is 0 Å². The van der Waals surface area contributed by atoms with Crippen LogP contribution in [0.5, 0.6) is 0 Å². The third-order valence-electron chi connectivity index (χ3n) is 5.23. The van der Waals surface area contributed by atoms with Gasteiger partial charge in [-0.15, -0.1) is 11.3 Å². The van der Waals surface area contributed by atoms with Crippen LogP contribution in [0.2, 0.25) is 0 Å². The molecular formula is C21H21FN2O4S. The highest BCUT2D eigenvalue weighted by atomic mass is 32.1. The summed E-state index contributed by atoms with van der Waals surface area (Å²) in [5, 5.41) is 12.7. The van der Waals surface area contributed by atoms with Crippen molar-refractivity contribution in [3.8, 4) is 0 Å². The SMILES string of the molecule is O=C1C(=O)N(CCN2CCOCC2)C(c2cccs2)/C1=C(/O)c1ccc(F)cc1. The number of aliphatic hydroxyl groups excluding tert-OH is 1. The van der Waals surface area contributed by atoms with E-state index in [2.05, 4.69) is 4.90 Å². The number of nitrogens with zero attached hydrogens (tertiary/aromatic N) is 2. The summed E-state index contributed by atoms with van der Waals surface area (Å²) in [6.45, 7) is 3.85. The Morgan fingerprint density at radius 2 is 1.86 bits per heavy atom. The first-order chi connectivity index (χ1) is 14.1. The zero-order valence-corrected chi connectivity index (χ0v) is 16.5. The van der Waals surface area contributed by atoms with E-state index in [0.29, 0.717) is 31.9 Å². The number of carbonyl (C=O) groups excluding carboxylic acids is 2. The van der Waals surface area contributed by atoms with Crippen LogP contribution in [0.4, 0.5) is 4.39 Å². The van der Waals surface area contributed by atoms with Crippen LogP contribution < -0.4 is 0 Å². The molecule has 0 saturated carbocycles. The van der Waals surface area contributed by atoms with E-state index in [4.69, 9.17) is 4.74 Å². The normalized spacial score (nSPS) is 22.4. The first-order valence-corrected chi connectivity index (χ1v) is 10.3. The minimum atomic E-state index is -0.716. The Labute approximate surface area is 171 Å². The maximum Gasteiger partial charge on any atom is 0.295 e. The Hall–Kier alpha value is -2.55. The molecule has 3 heterocycles. The second-order valence-electron chi connectivity index (χ2n) is 6.97. The first-order valence-electron chi connectivity index (χ1n) is 9.44. The Morgan fingerprint density at radius 3 is 2.52 bits per heavy atom. The van der Waals surface area contributed by atoms with Crippen LogP contribution in [-0.2, 0) is 14.3 Å². The molecule has 2 fully saturated rings. The van der Waals surface area contributed by atoms with Crippen molar-refractivity contribution in [1.82, 2.24) is 9.80 Å². The van der Waals surface area contributed by atoms with Gasteiger partial charge in [0.15, 0.2) is 0 Å². The molecule has 0 spiro atoms. The maximum absolute atomic E-state index is 13.3. The molecule has 1 unspecified atom stereocenters. The molecule has 0 bridgehead atoms. The number of ketones is 1. The number of halogens is 1. The summed E-state index contributed by atoms with van der Waals surface area (Å²) >= 11 is 1.42. The number of hydrogen-bond donors (Lipinski definition) is 1. The van der Waals surface area contributed by atoms with Crippen LogP contribution in [0, 0.1) is 5.82 Å². The van der Waals surface area contributed by atoms with E-state index >= 15 is 0 Å². The molecule has 1 amide bonds. The Balaban J connectivity index is 1.68. The number of amides is 1. The van der Waals surface area contributed by atoms with Crippen LogP contribution in [-0.4, -0.2) is 66.0 Å². The summed E-state index contributed by atoms with van der Waals surface area (Å²) < 4.78 is 18.6. The van der Waals surface area contributed by atoms with Gasteiger partial charge in [-0.05, 0) is 35.7 Å². The standard InChI is InChI=1S/C21H21FN2O4S/c22-15-5-3-14(4-6-15)19(25)17-18(16-2-1-13-29-16)24(21(27)20(17)26)8-7-23-9-11-28-12-10-23/h1-6,13,18,25H,7-12H2/b19-17-. The van der Waals surface area contributed by atoms with Crippen LogP contribution in [0.15, 0.2) is 47.4 Å². The van der Waals surface area contributed by atoms with Crippen molar-refractivity contribution in [3.05, 3.63) is 63.6 Å². The lowest BCUT2D eigenvalue weighted by molar-refractivity contribution is -0.140. The lowest BCUT2D eigenvalue weighted by Gasteiger charge is -2.30. The number of morpholine rings is 1. The van der Waals surface area contributed by atoms with E-state index in [1.165, 1.54) is 40.5 Å². The molecule has 1 atom stereocenters. The largest absolute Gasteiger partial charge is 0.507 e. The lowest BCUT2D eigenvalue weighted by Crippen LogP contribution is -2.42. The Kier molecular flexibility index (Phi) is 5.75. The highest BCUT2D eigenvalue weighted by molar-refractivity contribution is 7.10. The predicted molar refractivity (Wildman–Crippen MR) is 107 cm³/mol. The van der Waals surface area contributed by atoms with E-state index in [9.17, 15) is 19.1 Å². The Morgan fingerprint density at radius 1 is 1.14 bits per heavy atom. The molecule has 1 N–H and O–H groups in total. The van der Waals surface area contributed by atoms with Gasteiger partial charge in [-0.1, -0.05) is 6.07 Å². The number of Topliss-reactive ketones (excluding diaryl/α,β-unsaturated/α-hetero) is 1. The summed E-state index contributed by atoms with van der Waals surface area (Å²) in [6.07, 6.45) is 0. The van der Waals surface area contributed by atoms with Gasteiger partial charge in [-0.3, -0.25) is 14.5 Å². The molecule has 152 valence electrons. The topological polar surface area (TPSA) is 70.1 Å². The van der Waals surface area contributed by atoms with E-state index < -0.39 is 23.5 Å². The lowest BCUT2D eigenvalue weighted by atomic mass is 10.00. The van der Waals surface area contributed by atoms with Crippen LogP contribution >= 0.6 is 11.3 Å². The van der Waals surface area contributed by atoms with Gasteiger partial charge in [0.25, 0.3) is 11.7 Å². The van der Waals surface area contributed by atoms with Gasteiger partial charge < -0.3 is 14.7 Å². The van der Waals surface area contributed by atoms with E-state index in [-0.39, 0.29) is 11.3 Å². The minimum Gasteiger partial charge on any atom is -0.507 e. The molecule has 2 aliphatic rings. The molecule has 2 saturated heterocycles. The highest BCUT2D eigenvalue weighted by Gasteiger charge is 2.46. The molecule has 2 aromatic rings. The summed E-state index contributed by atoms with van der Waals surface area (Å²) in [6, 6.07) is 8.27. The Bertz CT molecular complexity index is 921. The molecule has 0 radical (unpaired) electrons. The van der Waals surface area contributed by atoms with Gasteiger partial charge >= 0.3 is 0 Å². The number of hydrogen-bond acceptors (Lipinski definition) is 6. The van der Waals surface area contributed by atoms with Crippen molar-refractivity contribution in [2.45, 2.75) is 6.04 Å². The first kappa shape index (κ1) is 19.8. The number of thiophene rings is 1. The van der Waals surface area contributed by atoms with E-state index in [1.807, 2.05) is 17.5 Å². The molecule has 4 rings (SSSR count). The van der Waals surface area contributed by atoms with Crippen LogP contribution in [0.25, 0.3) is 5.76 Å². The fraction of sp³-hybridized carbons (Fsp3) is 0.333. The van der Waals surface area contributed by atoms with Crippen molar-refractivity contribution < 1.29 is 23.8 Å². The molecule has 1 aromatic heterocycles. The van der Waals surface area contributed by atoms with Crippen molar-refractivity contribution in [2.75, 3.05) is 39.4 Å². The maximum atomic E-state index is 13.3. The quantitative estimate of drug-likeness (QED) is 0.461. The van der Waals surface area contributed by atoms with Gasteiger partial charge in [0.1, 0.15) is 11.6 Å². The number of likely N-dealkylation sites (tertiary alicyclic amines) is 1. The van der Waals surface area contributed by atoms with Gasteiger partial charge in [0, 0.05) is 36.6 Å². The van der Waals surface area contributed by atoms with Crippen molar-refractivity contribution in [2.24, 2.45) is 0 Å². The number of benzene rings is 1. The summed E-state index contributed by atoms with van der Waals surface area (Å²) in [7, 11) is 0. The van der Waals surface area contributed by atoms with Gasteiger partial charge in [-0.25, -0.2) is 4.39 Å². The van der Waals surface area contributed by atoms with Crippen LogP contribution in [0.3, 0.4) is 0 Å². The highest BCUT2D eigenvalue weighted by Crippen LogP contribution is 2.40. The number of carbonyl (C=O) groups is 2. The monoisotopic (exact) mass is 416 g/mol. The third-order valence-corrected chi connectivity index (χ3v) is 6.16. The molecule has 29 heavy (non-hydrogen) atoms. The fourth-order valence-electron chi connectivity index (χ4n) is 3.69. The molecule has 1 aromatic carbocycles. The van der Waals surface area contributed by atoms with E-state index in [0.717, 1.165) is 18.0 Å². The smallest absolute Gasteiger partial charge is 0.295 e. The van der Waals surface area contributed by atoms with E-state index in [1.54, 1.807) is 0 Å². The molecule has 2 aliphatic heterocycles. The summed E-state index contributed by atoms with van der Waals surface area (Å²) in [4.78, 5) is 30.2. The van der Waals surface area contributed by atoms with Crippen LogP contribution in [0.1, 0.15) is 16.5 Å². The summed E-state index contributed by atoms with van der Waals surface area (Å²) in [5.74, 6) is -2.06. The predicted octanol–water partition coefficient (Wildman–Crippen LogP) is 2.64. The fourth-order valence-corrected chi connectivity index (χ4v) is 4.54. The second kappa shape index (κ2) is 8.44.